The molecule has 1 atom stereocenters. The molecule has 1 aromatic carbocycles. The maximum Gasteiger partial charge on any atom is 0.277 e. The van der Waals surface area contributed by atoms with Gasteiger partial charge in [-0.2, -0.15) is 0 Å². The van der Waals surface area contributed by atoms with Crippen LogP contribution in [0.2, 0.25) is 0 Å². The molecule has 1 aliphatic heterocycles. The molecule has 2 aromatic rings. The van der Waals surface area contributed by atoms with E-state index in [-0.39, 0.29) is 17.5 Å². The molecule has 0 radical (unpaired) electrons. The van der Waals surface area contributed by atoms with E-state index in [4.69, 9.17) is 13.9 Å². The minimum absolute atomic E-state index is 0.0959. The van der Waals surface area contributed by atoms with Crippen LogP contribution in [0.1, 0.15) is 45.4 Å². The summed E-state index contributed by atoms with van der Waals surface area (Å²) in [6.45, 7) is 2.23. The van der Waals surface area contributed by atoms with Gasteiger partial charge in [0, 0.05) is 11.0 Å². The highest BCUT2D eigenvalue weighted by atomic mass is 32.2. The number of hydrogen-bond acceptors (Lipinski definition) is 7. The maximum atomic E-state index is 13.5. The van der Waals surface area contributed by atoms with Crippen molar-refractivity contribution in [1.82, 2.24) is 10.2 Å². The molecule has 7 heteroatoms. The van der Waals surface area contributed by atoms with E-state index in [0.717, 1.165) is 48.3 Å². The number of ether oxygens (including phenoxy) is 2. The third-order valence-electron chi connectivity index (χ3n) is 7.23. The summed E-state index contributed by atoms with van der Waals surface area (Å²) in [5.41, 5.74) is 0.690. The van der Waals surface area contributed by atoms with Crippen molar-refractivity contribution in [2.45, 2.75) is 55.9 Å². The Kier molecular flexibility index (Phi) is 3.98. The van der Waals surface area contributed by atoms with Crippen molar-refractivity contribution in [2.24, 2.45) is 23.2 Å². The van der Waals surface area contributed by atoms with Gasteiger partial charge in [-0.3, -0.25) is 4.79 Å². The quantitative estimate of drug-likeness (QED) is 0.657. The summed E-state index contributed by atoms with van der Waals surface area (Å²) in [6.07, 6.45) is 7.31. The monoisotopic (exact) mass is 412 g/mol. The Labute approximate surface area is 173 Å². The van der Waals surface area contributed by atoms with E-state index in [0.29, 0.717) is 22.6 Å². The average Bonchev–Trinajstić information content (AvgIpc) is 3.35. The summed E-state index contributed by atoms with van der Waals surface area (Å²) in [7, 11) is 0. The molecular formula is C22H24N2O4S. The summed E-state index contributed by atoms with van der Waals surface area (Å²) in [6, 6.07) is 5.56. The first-order chi connectivity index (χ1) is 14.1. The van der Waals surface area contributed by atoms with Gasteiger partial charge >= 0.3 is 0 Å². The first-order valence-corrected chi connectivity index (χ1v) is 11.4. The second-order valence-corrected chi connectivity index (χ2v) is 10.6. The average molecular weight is 413 g/mol. The number of carbonyl (C=O) groups is 1. The van der Waals surface area contributed by atoms with E-state index in [1.54, 1.807) is 0 Å². The number of thioether (sulfide) groups is 1. The van der Waals surface area contributed by atoms with Crippen molar-refractivity contribution in [3.05, 3.63) is 18.2 Å². The number of benzene rings is 1. The molecule has 0 N–H and O–H groups in total. The number of nitrogens with zero attached hydrogens (tertiary/aromatic N) is 2. The van der Waals surface area contributed by atoms with Crippen LogP contribution in [0.3, 0.4) is 0 Å². The maximum absolute atomic E-state index is 13.5. The normalized spacial score (nSPS) is 32.5. The minimum atomic E-state index is -0.170. The Morgan fingerprint density at radius 3 is 2.48 bits per heavy atom. The zero-order valence-corrected chi connectivity index (χ0v) is 17.2. The van der Waals surface area contributed by atoms with Gasteiger partial charge in [0.1, 0.15) is 0 Å². The van der Waals surface area contributed by atoms with E-state index < -0.39 is 0 Å². The first kappa shape index (κ1) is 17.8. The van der Waals surface area contributed by atoms with Crippen molar-refractivity contribution in [1.29, 1.82) is 0 Å². The van der Waals surface area contributed by atoms with Crippen LogP contribution in [0.25, 0.3) is 11.5 Å². The van der Waals surface area contributed by atoms with E-state index in [1.165, 1.54) is 31.0 Å². The third kappa shape index (κ3) is 2.97. The largest absolute Gasteiger partial charge is 0.454 e. The number of carbonyl (C=O) groups excluding carboxylic acids is 1. The summed E-state index contributed by atoms with van der Waals surface area (Å²) >= 11 is 1.40. The smallest absolute Gasteiger partial charge is 0.277 e. The van der Waals surface area contributed by atoms with Gasteiger partial charge in [-0.1, -0.05) is 11.8 Å². The van der Waals surface area contributed by atoms with Crippen LogP contribution in [0.15, 0.2) is 27.8 Å². The van der Waals surface area contributed by atoms with Gasteiger partial charge in [0.15, 0.2) is 17.3 Å². The van der Waals surface area contributed by atoms with E-state index >= 15 is 0 Å². The molecule has 4 fully saturated rings. The van der Waals surface area contributed by atoms with Crippen LogP contribution in [-0.2, 0) is 4.79 Å². The fourth-order valence-corrected chi connectivity index (χ4v) is 7.33. The van der Waals surface area contributed by atoms with Gasteiger partial charge in [0.05, 0.1) is 5.25 Å². The fraction of sp³-hybridized carbons (Fsp3) is 0.591. The van der Waals surface area contributed by atoms with E-state index in [1.807, 2.05) is 25.1 Å². The van der Waals surface area contributed by atoms with Gasteiger partial charge in [0.2, 0.25) is 12.7 Å². The van der Waals surface area contributed by atoms with Crippen LogP contribution in [0.5, 0.6) is 11.5 Å². The zero-order chi connectivity index (χ0) is 19.6. The van der Waals surface area contributed by atoms with E-state index in [9.17, 15) is 4.79 Å². The standard InChI is InChI=1S/C22H24N2O4S/c1-12(19(25)22-8-13-4-14(9-22)6-15(5-13)10-22)29-21-24-23-20(28-21)16-2-3-17-18(7-16)27-11-26-17/h2-3,7,12-15H,4-6,8-11H2,1H3/t12-,13?,14?,15?,22?/m1/s1. The number of aromatic nitrogens is 2. The lowest BCUT2D eigenvalue weighted by atomic mass is 9.48. The highest BCUT2D eigenvalue weighted by Crippen LogP contribution is 2.61. The molecule has 0 amide bonds. The van der Waals surface area contributed by atoms with Crippen molar-refractivity contribution in [2.75, 3.05) is 6.79 Å². The van der Waals surface area contributed by atoms with Crippen LogP contribution >= 0.6 is 11.8 Å². The highest BCUT2D eigenvalue weighted by molar-refractivity contribution is 8.00. The van der Waals surface area contributed by atoms with Crippen LogP contribution in [0.4, 0.5) is 0 Å². The molecule has 29 heavy (non-hydrogen) atoms. The van der Waals surface area contributed by atoms with Crippen LogP contribution < -0.4 is 9.47 Å². The topological polar surface area (TPSA) is 74.5 Å². The predicted octanol–water partition coefficient (Wildman–Crippen LogP) is 4.73. The van der Waals surface area contributed by atoms with Crippen molar-refractivity contribution >= 4 is 17.5 Å². The third-order valence-corrected chi connectivity index (χ3v) is 8.17. The molecule has 0 unspecified atom stereocenters. The van der Waals surface area contributed by atoms with Crippen molar-refractivity contribution in [3.8, 4) is 23.0 Å². The lowest BCUT2D eigenvalue weighted by Crippen LogP contribution is -2.51. The Hall–Kier alpha value is -2.02. The van der Waals surface area contributed by atoms with Gasteiger partial charge in [0.25, 0.3) is 5.22 Å². The van der Waals surface area contributed by atoms with Crippen molar-refractivity contribution < 1.29 is 18.7 Å². The number of hydrogen-bond donors (Lipinski definition) is 0. The van der Waals surface area contributed by atoms with Crippen molar-refractivity contribution in [3.63, 3.8) is 0 Å². The summed E-state index contributed by atoms with van der Waals surface area (Å²) < 4.78 is 16.6. The van der Waals surface area contributed by atoms with Crippen LogP contribution in [-0.4, -0.2) is 28.0 Å². The Bertz CT molecular complexity index is 936. The second-order valence-electron chi connectivity index (χ2n) is 9.26. The molecule has 6 nitrogen and oxygen atoms in total. The number of rotatable bonds is 5. The fourth-order valence-electron chi connectivity index (χ4n) is 6.45. The zero-order valence-electron chi connectivity index (χ0n) is 16.4. The molecule has 2 heterocycles. The molecule has 4 bridgehead atoms. The predicted molar refractivity (Wildman–Crippen MR) is 107 cm³/mol. The molecule has 0 spiro atoms. The summed E-state index contributed by atoms with van der Waals surface area (Å²) in [5.74, 6) is 4.53. The van der Waals surface area contributed by atoms with Gasteiger partial charge in [-0.05, 0) is 81.4 Å². The second kappa shape index (κ2) is 6.49. The summed E-state index contributed by atoms with van der Waals surface area (Å²) in [5, 5.41) is 8.63. The molecule has 1 aromatic heterocycles. The van der Waals surface area contributed by atoms with Crippen LogP contribution in [0, 0.1) is 23.2 Å². The molecular weight excluding hydrogens is 388 g/mol. The Balaban J connectivity index is 1.18. The molecule has 152 valence electrons. The number of Topliss-reactive ketones (excluding diaryl/α,β-unsaturated/α-hetero) is 1. The van der Waals surface area contributed by atoms with Gasteiger partial charge in [-0.25, -0.2) is 0 Å². The lowest BCUT2D eigenvalue weighted by Gasteiger charge is -2.56. The van der Waals surface area contributed by atoms with Gasteiger partial charge < -0.3 is 13.9 Å². The molecule has 7 rings (SSSR count). The molecule has 5 aliphatic rings. The molecule has 0 saturated heterocycles. The molecule has 4 saturated carbocycles. The Morgan fingerprint density at radius 2 is 1.76 bits per heavy atom. The first-order valence-electron chi connectivity index (χ1n) is 10.5. The lowest BCUT2D eigenvalue weighted by molar-refractivity contribution is -0.143. The summed E-state index contributed by atoms with van der Waals surface area (Å²) in [4.78, 5) is 13.5. The SMILES string of the molecule is C[C@@H](Sc1nnc(-c2ccc3c(c2)OCO3)o1)C(=O)C12CC3CC(CC(C3)C1)C2. The highest BCUT2D eigenvalue weighted by Gasteiger charge is 2.55. The molecule has 4 aliphatic carbocycles. The van der Waals surface area contributed by atoms with Gasteiger partial charge in [-0.15, -0.1) is 10.2 Å². The minimum Gasteiger partial charge on any atom is -0.454 e. The Morgan fingerprint density at radius 1 is 1.07 bits per heavy atom. The number of ketones is 1. The van der Waals surface area contributed by atoms with E-state index in [2.05, 4.69) is 10.2 Å². The number of fused-ring (bicyclic) bond motifs is 1.